The lowest BCUT2D eigenvalue weighted by molar-refractivity contribution is -0.138. The molecule has 7 heteroatoms. The molecule has 0 unspecified atom stereocenters. The van der Waals surface area contributed by atoms with Crippen LogP contribution in [0.4, 0.5) is 4.79 Å². The molecule has 0 aromatic carbocycles. The molecule has 1 aromatic rings. The van der Waals surface area contributed by atoms with Crippen LogP contribution >= 0.6 is 11.3 Å². The standard InChI is InChI=1S/C15H25N3O3S/c1-9(2)6-18(15(21)16-11(5)14(19)20)7-12-8-22-13(17-12)10(3)4/h8-11H,6-7H2,1-5H3,(H,16,21)(H,19,20)/t11-/m0/s1. The molecule has 0 aliphatic heterocycles. The first-order valence-corrected chi connectivity index (χ1v) is 8.31. The molecule has 0 bridgehead atoms. The van der Waals surface area contributed by atoms with Gasteiger partial charge in [-0.25, -0.2) is 9.78 Å². The summed E-state index contributed by atoms with van der Waals surface area (Å²) in [5, 5.41) is 14.4. The molecule has 0 saturated carbocycles. The number of hydrogen-bond donors (Lipinski definition) is 2. The molecule has 124 valence electrons. The van der Waals surface area contributed by atoms with Crippen molar-refractivity contribution in [3.05, 3.63) is 16.1 Å². The second kappa shape index (κ2) is 8.12. The lowest BCUT2D eigenvalue weighted by atomic mass is 10.2. The Labute approximate surface area is 135 Å². The normalized spacial score (nSPS) is 12.5. The molecule has 1 aromatic heterocycles. The summed E-state index contributed by atoms with van der Waals surface area (Å²) in [4.78, 5) is 29.3. The van der Waals surface area contributed by atoms with Crippen molar-refractivity contribution < 1.29 is 14.7 Å². The van der Waals surface area contributed by atoms with Crippen LogP contribution < -0.4 is 5.32 Å². The number of amides is 2. The molecule has 2 N–H and O–H groups in total. The first-order chi connectivity index (χ1) is 10.2. The van der Waals surface area contributed by atoms with E-state index in [1.807, 2.05) is 19.2 Å². The van der Waals surface area contributed by atoms with Crippen molar-refractivity contribution in [2.75, 3.05) is 6.54 Å². The predicted molar refractivity (Wildman–Crippen MR) is 87.1 cm³/mol. The van der Waals surface area contributed by atoms with E-state index in [9.17, 15) is 9.59 Å². The molecule has 22 heavy (non-hydrogen) atoms. The second-order valence-corrected chi connectivity index (χ2v) is 7.01. The van der Waals surface area contributed by atoms with Crippen LogP contribution in [0, 0.1) is 5.92 Å². The smallest absolute Gasteiger partial charge is 0.325 e. The van der Waals surface area contributed by atoms with E-state index in [1.165, 1.54) is 6.92 Å². The minimum Gasteiger partial charge on any atom is -0.480 e. The lowest BCUT2D eigenvalue weighted by Crippen LogP contribution is -2.47. The molecule has 1 rings (SSSR count). The van der Waals surface area contributed by atoms with Crippen molar-refractivity contribution >= 4 is 23.3 Å². The quantitative estimate of drug-likeness (QED) is 0.806. The highest BCUT2D eigenvalue weighted by Gasteiger charge is 2.21. The van der Waals surface area contributed by atoms with Crippen LogP contribution in [0.1, 0.15) is 51.2 Å². The van der Waals surface area contributed by atoms with Gasteiger partial charge in [-0.15, -0.1) is 11.3 Å². The van der Waals surface area contributed by atoms with E-state index in [-0.39, 0.29) is 11.9 Å². The van der Waals surface area contributed by atoms with Gasteiger partial charge >= 0.3 is 12.0 Å². The Balaban J connectivity index is 2.78. The number of hydrogen-bond acceptors (Lipinski definition) is 4. The van der Waals surface area contributed by atoms with E-state index in [2.05, 4.69) is 24.1 Å². The molecule has 0 saturated heterocycles. The first-order valence-electron chi connectivity index (χ1n) is 7.43. The number of carboxylic acids is 1. The number of thiazole rings is 1. The molecule has 2 amide bonds. The van der Waals surface area contributed by atoms with Crippen molar-refractivity contribution in [2.45, 2.75) is 53.1 Å². The summed E-state index contributed by atoms with van der Waals surface area (Å²) in [7, 11) is 0. The van der Waals surface area contributed by atoms with Gasteiger partial charge in [0.2, 0.25) is 0 Å². The highest BCUT2D eigenvalue weighted by Crippen LogP contribution is 2.20. The third kappa shape index (κ3) is 5.63. The Bertz CT molecular complexity index is 514. The monoisotopic (exact) mass is 327 g/mol. The lowest BCUT2D eigenvalue weighted by Gasteiger charge is -2.25. The first kappa shape index (κ1) is 18.4. The van der Waals surface area contributed by atoms with Crippen molar-refractivity contribution in [2.24, 2.45) is 5.92 Å². The Morgan fingerprint density at radius 3 is 2.41 bits per heavy atom. The molecular weight excluding hydrogens is 302 g/mol. The van der Waals surface area contributed by atoms with Crippen LogP contribution in [0.25, 0.3) is 0 Å². The largest absolute Gasteiger partial charge is 0.480 e. The fourth-order valence-corrected chi connectivity index (χ4v) is 2.68. The number of carbonyl (C=O) groups is 2. The van der Waals surface area contributed by atoms with Gasteiger partial charge in [0.15, 0.2) is 0 Å². The maximum atomic E-state index is 12.3. The Kier molecular flexibility index (Phi) is 6.80. The fraction of sp³-hybridized carbons (Fsp3) is 0.667. The summed E-state index contributed by atoms with van der Waals surface area (Å²) in [5.41, 5.74) is 0.840. The van der Waals surface area contributed by atoms with E-state index in [1.54, 1.807) is 16.2 Å². The van der Waals surface area contributed by atoms with Crippen LogP contribution in [-0.2, 0) is 11.3 Å². The molecule has 0 aliphatic rings. The van der Waals surface area contributed by atoms with Gasteiger partial charge in [0.05, 0.1) is 17.2 Å². The van der Waals surface area contributed by atoms with E-state index < -0.39 is 12.0 Å². The Morgan fingerprint density at radius 1 is 1.32 bits per heavy atom. The van der Waals surface area contributed by atoms with E-state index in [0.717, 1.165) is 10.7 Å². The van der Waals surface area contributed by atoms with Gasteiger partial charge in [-0.1, -0.05) is 27.7 Å². The van der Waals surface area contributed by atoms with Crippen molar-refractivity contribution in [1.29, 1.82) is 0 Å². The predicted octanol–water partition coefficient (Wildman–Crippen LogP) is 2.91. The van der Waals surface area contributed by atoms with Crippen molar-refractivity contribution in [3.8, 4) is 0 Å². The van der Waals surface area contributed by atoms with Crippen molar-refractivity contribution in [1.82, 2.24) is 15.2 Å². The maximum Gasteiger partial charge on any atom is 0.325 e. The summed E-state index contributed by atoms with van der Waals surface area (Å²) in [6.07, 6.45) is 0. The number of aromatic nitrogens is 1. The Hall–Kier alpha value is -1.63. The number of nitrogens with one attached hydrogen (secondary N) is 1. The minimum absolute atomic E-state index is 0.286. The van der Waals surface area contributed by atoms with Gasteiger partial charge in [-0.05, 0) is 12.8 Å². The van der Waals surface area contributed by atoms with Crippen LogP contribution in [0.3, 0.4) is 0 Å². The molecular formula is C15H25N3O3S. The Morgan fingerprint density at radius 2 is 1.95 bits per heavy atom. The number of carboxylic acid groups (broad SMARTS) is 1. The summed E-state index contributed by atoms with van der Waals surface area (Å²) in [5.74, 6) is -0.402. The van der Waals surface area contributed by atoms with Crippen molar-refractivity contribution in [3.63, 3.8) is 0 Å². The van der Waals surface area contributed by atoms with Crippen LogP contribution in [0.2, 0.25) is 0 Å². The third-order valence-electron chi connectivity index (χ3n) is 3.00. The molecule has 0 aliphatic carbocycles. The third-order valence-corrected chi connectivity index (χ3v) is 4.19. The zero-order valence-corrected chi connectivity index (χ0v) is 14.6. The van der Waals surface area contributed by atoms with Gasteiger partial charge in [-0.3, -0.25) is 4.79 Å². The highest BCUT2D eigenvalue weighted by molar-refractivity contribution is 7.09. The minimum atomic E-state index is -1.05. The van der Waals surface area contributed by atoms with Gasteiger partial charge < -0.3 is 15.3 Å². The topological polar surface area (TPSA) is 82.5 Å². The number of nitrogens with zero attached hydrogens (tertiary/aromatic N) is 2. The van der Waals surface area contributed by atoms with Gasteiger partial charge in [0, 0.05) is 17.8 Å². The van der Waals surface area contributed by atoms with Gasteiger partial charge in [0.1, 0.15) is 6.04 Å². The molecule has 0 spiro atoms. The number of aliphatic carboxylic acids is 1. The van der Waals surface area contributed by atoms with Gasteiger partial charge in [-0.2, -0.15) is 0 Å². The SMILES string of the molecule is CC(C)CN(Cc1csc(C(C)C)n1)C(=O)N[C@@H](C)C(=O)O. The molecule has 1 atom stereocenters. The fourth-order valence-electron chi connectivity index (χ4n) is 1.85. The molecule has 1 heterocycles. The van der Waals surface area contributed by atoms with E-state index >= 15 is 0 Å². The zero-order valence-electron chi connectivity index (χ0n) is 13.8. The zero-order chi connectivity index (χ0) is 16.9. The average Bonchev–Trinajstić information content (AvgIpc) is 2.85. The molecule has 0 radical (unpaired) electrons. The number of urea groups is 1. The molecule has 6 nitrogen and oxygen atoms in total. The van der Waals surface area contributed by atoms with Crippen LogP contribution in [-0.4, -0.2) is 39.6 Å². The maximum absolute atomic E-state index is 12.3. The second-order valence-electron chi connectivity index (χ2n) is 6.12. The van der Waals surface area contributed by atoms with E-state index in [4.69, 9.17) is 5.11 Å². The summed E-state index contributed by atoms with van der Waals surface area (Å²) < 4.78 is 0. The van der Waals surface area contributed by atoms with Crippen LogP contribution in [0.5, 0.6) is 0 Å². The summed E-state index contributed by atoms with van der Waals surface area (Å²) in [6.45, 7) is 10.6. The van der Waals surface area contributed by atoms with Crippen LogP contribution in [0.15, 0.2) is 5.38 Å². The average molecular weight is 327 g/mol. The number of rotatable bonds is 7. The van der Waals surface area contributed by atoms with Gasteiger partial charge in [0.25, 0.3) is 0 Å². The highest BCUT2D eigenvalue weighted by atomic mass is 32.1. The number of carbonyl (C=O) groups excluding carboxylic acids is 1. The summed E-state index contributed by atoms with van der Waals surface area (Å²) in [6, 6.07) is -1.29. The molecule has 0 fully saturated rings. The van der Waals surface area contributed by atoms with E-state index in [0.29, 0.717) is 19.0 Å². The summed E-state index contributed by atoms with van der Waals surface area (Å²) >= 11 is 1.59.